The molecule has 5 N–H and O–H groups in total. The Morgan fingerprint density at radius 3 is 2.69 bits per heavy atom. The lowest BCUT2D eigenvalue weighted by Gasteiger charge is -2.09. The van der Waals surface area contributed by atoms with Gasteiger partial charge in [0.25, 0.3) is 0 Å². The van der Waals surface area contributed by atoms with Crippen LogP contribution in [0.15, 0.2) is 54.9 Å². The van der Waals surface area contributed by atoms with E-state index in [9.17, 15) is 4.79 Å². The highest BCUT2D eigenvalue weighted by molar-refractivity contribution is 6.01. The number of nitrogens with one attached hydrogen (secondary N) is 3. The molecule has 2 aromatic carbocycles. The second kappa shape index (κ2) is 8.27. The first kappa shape index (κ1) is 20.0. The highest BCUT2D eigenvalue weighted by Crippen LogP contribution is 2.33. The smallest absolute Gasteiger partial charge is 0.323 e. The lowest BCUT2D eigenvalue weighted by molar-refractivity contribution is 0.262. The van der Waals surface area contributed by atoms with E-state index in [-0.39, 0.29) is 12.1 Å². The number of amides is 2. The number of benzene rings is 2. The molecule has 0 bridgehead atoms. The monoisotopic (exact) mass is 428 g/mol. The third kappa shape index (κ3) is 3.85. The van der Waals surface area contributed by atoms with Crippen LogP contribution in [-0.2, 0) is 0 Å². The standard InChI is InChI=1S/C23H24N8O/c1-14-3-2-4-17(11-14)29-23(32)28-16-7-5-15(6-8-16)20-19-21(24)26-13-27-22(19)31(30-20)18-9-10-25-12-18/h2-8,11,13,18,25H,9-10,12H2,1H3,(H2,24,26,27)(H2,28,29,32)/t18-/m1/s1. The fourth-order valence-corrected chi connectivity index (χ4v) is 4.03. The minimum atomic E-state index is -0.301. The number of fused-ring (bicyclic) bond motifs is 1. The van der Waals surface area contributed by atoms with Gasteiger partial charge in [0, 0.05) is 23.5 Å². The van der Waals surface area contributed by atoms with Gasteiger partial charge in [-0.2, -0.15) is 5.10 Å². The molecule has 0 aliphatic carbocycles. The number of urea groups is 1. The van der Waals surface area contributed by atoms with E-state index in [4.69, 9.17) is 10.8 Å². The summed E-state index contributed by atoms with van der Waals surface area (Å²) in [6.45, 7) is 3.78. The molecule has 2 aromatic heterocycles. The first-order valence-electron chi connectivity index (χ1n) is 10.5. The van der Waals surface area contributed by atoms with E-state index >= 15 is 0 Å². The summed E-state index contributed by atoms with van der Waals surface area (Å²) in [7, 11) is 0. The van der Waals surface area contributed by atoms with Crippen molar-refractivity contribution in [3.05, 3.63) is 60.4 Å². The van der Waals surface area contributed by atoms with Crippen molar-refractivity contribution in [3.63, 3.8) is 0 Å². The summed E-state index contributed by atoms with van der Waals surface area (Å²) in [5.41, 5.74) is 11.1. The van der Waals surface area contributed by atoms with Crippen molar-refractivity contribution in [2.45, 2.75) is 19.4 Å². The summed E-state index contributed by atoms with van der Waals surface area (Å²) < 4.78 is 1.95. The number of aromatic nitrogens is 4. The molecule has 1 saturated heterocycles. The Labute approximate surface area is 185 Å². The molecule has 32 heavy (non-hydrogen) atoms. The minimum Gasteiger partial charge on any atom is -0.383 e. The first-order valence-corrected chi connectivity index (χ1v) is 10.5. The molecule has 3 heterocycles. The molecule has 5 rings (SSSR count). The van der Waals surface area contributed by atoms with Crippen LogP contribution in [0.1, 0.15) is 18.0 Å². The zero-order valence-corrected chi connectivity index (χ0v) is 17.7. The second-order valence-electron chi connectivity index (χ2n) is 7.92. The van der Waals surface area contributed by atoms with Crippen molar-refractivity contribution in [2.75, 3.05) is 29.5 Å². The Kier molecular flexibility index (Phi) is 5.16. The van der Waals surface area contributed by atoms with E-state index in [1.807, 2.05) is 60.1 Å². The van der Waals surface area contributed by atoms with Crippen molar-refractivity contribution in [1.82, 2.24) is 25.1 Å². The highest BCUT2D eigenvalue weighted by atomic mass is 16.2. The third-order valence-corrected chi connectivity index (χ3v) is 5.59. The van der Waals surface area contributed by atoms with Gasteiger partial charge in [-0.15, -0.1) is 0 Å². The molecule has 4 aromatic rings. The van der Waals surface area contributed by atoms with Crippen molar-refractivity contribution in [2.24, 2.45) is 0 Å². The number of carbonyl (C=O) groups excluding carboxylic acids is 1. The molecule has 1 aliphatic heterocycles. The van der Waals surface area contributed by atoms with E-state index in [0.29, 0.717) is 11.5 Å². The maximum absolute atomic E-state index is 12.3. The second-order valence-corrected chi connectivity index (χ2v) is 7.92. The van der Waals surface area contributed by atoms with E-state index < -0.39 is 0 Å². The number of aryl methyl sites for hydroxylation is 1. The van der Waals surface area contributed by atoms with Crippen LogP contribution in [0.25, 0.3) is 22.3 Å². The molecule has 1 atom stereocenters. The predicted octanol–water partition coefficient (Wildman–Crippen LogP) is 3.56. The molecule has 9 heteroatoms. The molecule has 1 aliphatic rings. The van der Waals surface area contributed by atoms with Crippen LogP contribution < -0.4 is 21.7 Å². The van der Waals surface area contributed by atoms with Gasteiger partial charge in [0.15, 0.2) is 5.65 Å². The van der Waals surface area contributed by atoms with Gasteiger partial charge < -0.3 is 21.7 Å². The van der Waals surface area contributed by atoms with Crippen LogP contribution in [0.3, 0.4) is 0 Å². The summed E-state index contributed by atoms with van der Waals surface area (Å²) in [5, 5.41) is 14.7. The summed E-state index contributed by atoms with van der Waals surface area (Å²) in [5.74, 6) is 0.405. The van der Waals surface area contributed by atoms with Crippen molar-refractivity contribution in [1.29, 1.82) is 0 Å². The highest BCUT2D eigenvalue weighted by Gasteiger charge is 2.24. The number of rotatable bonds is 4. The van der Waals surface area contributed by atoms with Crippen molar-refractivity contribution in [3.8, 4) is 11.3 Å². The van der Waals surface area contributed by atoms with Gasteiger partial charge in [-0.05, 0) is 49.7 Å². The van der Waals surface area contributed by atoms with Crippen LogP contribution in [0.5, 0.6) is 0 Å². The number of nitrogens with two attached hydrogens (primary N) is 1. The quantitative estimate of drug-likeness (QED) is 0.394. The van der Waals surface area contributed by atoms with E-state index in [1.165, 1.54) is 6.33 Å². The molecular weight excluding hydrogens is 404 g/mol. The number of nitrogen functional groups attached to an aromatic ring is 1. The maximum Gasteiger partial charge on any atom is 0.323 e. The Hall–Kier alpha value is -3.98. The van der Waals surface area contributed by atoms with Crippen molar-refractivity contribution >= 4 is 34.3 Å². The van der Waals surface area contributed by atoms with Crippen LogP contribution >= 0.6 is 0 Å². The average Bonchev–Trinajstić information content (AvgIpc) is 3.43. The zero-order chi connectivity index (χ0) is 22.1. The molecule has 1 fully saturated rings. The van der Waals surface area contributed by atoms with Crippen LogP contribution in [-0.4, -0.2) is 38.9 Å². The first-order chi connectivity index (χ1) is 15.6. The summed E-state index contributed by atoms with van der Waals surface area (Å²) >= 11 is 0. The zero-order valence-electron chi connectivity index (χ0n) is 17.7. The summed E-state index contributed by atoms with van der Waals surface area (Å²) in [6.07, 6.45) is 2.46. The molecule has 0 radical (unpaired) electrons. The lowest BCUT2D eigenvalue weighted by atomic mass is 10.1. The summed E-state index contributed by atoms with van der Waals surface area (Å²) in [4.78, 5) is 21.0. The number of carbonyl (C=O) groups is 1. The van der Waals surface area contributed by atoms with Gasteiger partial charge in [0.2, 0.25) is 0 Å². The Bertz CT molecular complexity index is 1280. The van der Waals surface area contributed by atoms with Gasteiger partial charge in [0.1, 0.15) is 17.8 Å². The van der Waals surface area contributed by atoms with Crippen LogP contribution in [0.2, 0.25) is 0 Å². The summed E-state index contributed by atoms with van der Waals surface area (Å²) in [6, 6.07) is 15.1. The van der Waals surface area contributed by atoms with Crippen LogP contribution in [0.4, 0.5) is 22.0 Å². The lowest BCUT2D eigenvalue weighted by Crippen LogP contribution is -2.19. The van der Waals surface area contributed by atoms with E-state index in [2.05, 4.69) is 25.9 Å². The van der Waals surface area contributed by atoms with Crippen LogP contribution in [0, 0.1) is 6.92 Å². The third-order valence-electron chi connectivity index (χ3n) is 5.59. The Morgan fingerprint density at radius 2 is 1.94 bits per heavy atom. The fourth-order valence-electron chi connectivity index (χ4n) is 4.03. The van der Waals surface area contributed by atoms with E-state index in [1.54, 1.807) is 0 Å². The molecular formula is C23H24N8O. The topological polar surface area (TPSA) is 123 Å². The number of hydrogen-bond donors (Lipinski definition) is 4. The SMILES string of the molecule is Cc1cccc(NC(=O)Nc2ccc(-c3nn([C@@H]4CCNC4)c4ncnc(N)c34)cc2)c1. The largest absolute Gasteiger partial charge is 0.383 e. The number of hydrogen-bond acceptors (Lipinski definition) is 6. The Morgan fingerprint density at radius 1 is 1.12 bits per heavy atom. The fraction of sp³-hybridized carbons (Fsp3) is 0.217. The van der Waals surface area contributed by atoms with E-state index in [0.717, 1.165) is 53.1 Å². The normalized spacial score (nSPS) is 15.7. The molecule has 0 spiro atoms. The molecule has 162 valence electrons. The molecule has 2 amide bonds. The minimum absolute atomic E-state index is 0.229. The predicted molar refractivity (Wildman–Crippen MR) is 126 cm³/mol. The molecule has 0 unspecified atom stereocenters. The number of anilines is 3. The number of nitrogens with zero attached hydrogens (tertiary/aromatic N) is 4. The maximum atomic E-state index is 12.3. The average molecular weight is 429 g/mol. The molecule has 0 saturated carbocycles. The molecule has 9 nitrogen and oxygen atoms in total. The Balaban J connectivity index is 1.40. The van der Waals surface area contributed by atoms with Crippen molar-refractivity contribution < 1.29 is 4.79 Å². The van der Waals surface area contributed by atoms with Gasteiger partial charge in [-0.25, -0.2) is 19.4 Å². The van der Waals surface area contributed by atoms with Gasteiger partial charge in [0.05, 0.1) is 11.4 Å². The van der Waals surface area contributed by atoms with Gasteiger partial charge >= 0.3 is 6.03 Å². The van der Waals surface area contributed by atoms with Gasteiger partial charge in [-0.1, -0.05) is 24.3 Å². The van der Waals surface area contributed by atoms with Gasteiger partial charge in [-0.3, -0.25) is 0 Å².